The molecule has 0 aliphatic rings. The Morgan fingerprint density at radius 2 is 1.79 bits per heavy atom. The average molecular weight is 403 g/mol. The van der Waals surface area contributed by atoms with Crippen molar-refractivity contribution < 1.29 is 28.2 Å². The van der Waals surface area contributed by atoms with Crippen molar-refractivity contribution in [2.45, 2.75) is 13.0 Å². The third kappa shape index (κ3) is 5.52. The standard InChI is InChI=1S/C20H19F2N3O4/c1-12(11-26)28-16-5-13(20(27)23-19-3-4-25(2)24-19)6-17(10-16)29-18-8-14(21)7-15(22)9-18/h3-10,12,26H,11H2,1-2H3,(H,23,24,27)/t12-/m0/s1. The molecule has 152 valence electrons. The van der Waals surface area contributed by atoms with E-state index in [1.807, 2.05) is 0 Å². The summed E-state index contributed by atoms with van der Waals surface area (Å²) in [6, 6.07) is 8.69. The second-order valence-electron chi connectivity index (χ2n) is 6.34. The lowest BCUT2D eigenvalue weighted by Gasteiger charge is -2.15. The third-order valence-electron chi connectivity index (χ3n) is 3.76. The highest BCUT2D eigenvalue weighted by Gasteiger charge is 2.14. The van der Waals surface area contributed by atoms with Gasteiger partial charge in [0.15, 0.2) is 5.82 Å². The number of nitrogens with zero attached hydrogens (tertiary/aromatic N) is 2. The van der Waals surface area contributed by atoms with Gasteiger partial charge in [0.25, 0.3) is 5.91 Å². The maximum atomic E-state index is 13.4. The van der Waals surface area contributed by atoms with Gasteiger partial charge >= 0.3 is 0 Å². The van der Waals surface area contributed by atoms with Crippen LogP contribution in [-0.2, 0) is 7.05 Å². The van der Waals surface area contributed by atoms with Gasteiger partial charge < -0.3 is 19.9 Å². The fourth-order valence-corrected chi connectivity index (χ4v) is 2.49. The molecule has 1 aromatic heterocycles. The van der Waals surface area contributed by atoms with Crippen LogP contribution in [0.3, 0.4) is 0 Å². The number of aliphatic hydroxyl groups excluding tert-OH is 1. The van der Waals surface area contributed by atoms with Crippen LogP contribution < -0.4 is 14.8 Å². The Bertz CT molecular complexity index is 1000. The number of anilines is 1. The molecule has 2 aromatic carbocycles. The second kappa shape index (κ2) is 8.70. The van der Waals surface area contributed by atoms with E-state index in [9.17, 15) is 18.7 Å². The molecule has 9 heteroatoms. The highest BCUT2D eigenvalue weighted by Crippen LogP contribution is 2.29. The molecule has 29 heavy (non-hydrogen) atoms. The molecule has 0 saturated heterocycles. The molecular formula is C20H19F2N3O4. The lowest BCUT2D eigenvalue weighted by molar-refractivity contribution is 0.102. The van der Waals surface area contributed by atoms with Crippen LogP contribution in [0, 0.1) is 11.6 Å². The minimum atomic E-state index is -0.797. The number of carbonyl (C=O) groups is 1. The number of carbonyl (C=O) groups excluding carboxylic acids is 1. The normalized spacial score (nSPS) is 11.8. The molecule has 2 N–H and O–H groups in total. The first kappa shape index (κ1) is 20.3. The van der Waals surface area contributed by atoms with Gasteiger partial charge in [-0.05, 0) is 19.1 Å². The highest BCUT2D eigenvalue weighted by molar-refractivity contribution is 6.04. The molecule has 1 heterocycles. The van der Waals surface area contributed by atoms with E-state index in [0.29, 0.717) is 5.82 Å². The van der Waals surface area contributed by atoms with Crippen molar-refractivity contribution in [3.63, 3.8) is 0 Å². The number of hydrogen-bond donors (Lipinski definition) is 2. The van der Waals surface area contributed by atoms with Crippen LogP contribution in [0.1, 0.15) is 17.3 Å². The topological polar surface area (TPSA) is 85.6 Å². The van der Waals surface area contributed by atoms with Crippen molar-refractivity contribution in [2.75, 3.05) is 11.9 Å². The molecule has 1 amide bonds. The van der Waals surface area contributed by atoms with Crippen molar-refractivity contribution >= 4 is 11.7 Å². The minimum Gasteiger partial charge on any atom is -0.488 e. The lowest BCUT2D eigenvalue weighted by Crippen LogP contribution is -2.17. The van der Waals surface area contributed by atoms with Gasteiger partial charge in [-0.15, -0.1) is 0 Å². The number of benzene rings is 2. The van der Waals surface area contributed by atoms with Crippen LogP contribution in [0.15, 0.2) is 48.7 Å². The van der Waals surface area contributed by atoms with E-state index >= 15 is 0 Å². The van der Waals surface area contributed by atoms with Crippen molar-refractivity contribution in [2.24, 2.45) is 7.05 Å². The number of aryl methyl sites for hydroxylation is 1. The number of amides is 1. The Morgan fingerprint density at radius 3 is 2.41 bits per heavy atom. The number of halogens is 2. The number of nitrogens with one attached hydrogen (secondary N) is 1. The smallest absolute Gasteiger partial charge is 0.257 e. The molecule has 0 aliphatic heterocycles. The lowest BCUT2D eigenvalue weighted by atomic mass is 10.2. The van der Waals surface area contributed by atoms with Gasteiger partial charge in [-0.3, -0.25) is 9.48 Å². The zero-order valence-electron chi connectivity index (χ0n) is 15.7. The molecule has 3 aromatic rings. The average Bonchev–Trinajstić information content (AvgIpc) is 3.05. The van der Waals surface area contributed by atoms with E-state index in [1.165, 1.54) is 22.9 Å². The molecule has 0 radical (unpaired) electrons. The SMILES string of the molecule is C[C@@H](CO)Oc1cc(Oc2cc(F)cc(F)c2)cc(C(=O)Nc2ccn(C)n2)c1. The van der Waals surface area contributed by atoms with E-state index in [2.05, 4.69) is 10.4 Å². The number of ether oxygens (including phenoxy) is 2. The summed E-state index contributed by atoms with van der Waals surface area (Å²) in [7, 11) is 1.71. The van der Waals surface area contributed by atoms with Gasteiger partial charge in [-0.25, -0.2) is 8.78 Å². The van der Waals surface area contributed by atoms with E-state index in [-0.39, 0.29) is 29.4 Å². The summed E-state index contributed by atoms with van der Waals surface area (Å²) in [4.78, 5) is 12.6. The quantitative estimate of drug-likeness (QED) is 0.631. The van der Waals surface area contributed by atoms with Crippen LogP contribution in [0.4, 0.5) is 14.6 Å². The molecule has 0 bridgehead atoms. The van der Waals surface area contributed by atoms with E-state index in [1.54, 1.807) is 26.2 Å². The summed E-state index contributed by atoms with van der Waals surface area (Å²) >= 11 is 0. The molecule has 7 nitrogen and oxygen atoms in total. The van der Waals surface area contributed by atoms with Gasteiger partial charge in [0.05, 0.1) is 6.61 Å². The van der Waals surface area contributed by atoms with Crippen molar-refractivity contribution in [3.8, 4) is 17.2 Å². The first-order chi connectivity index (χ1) is 13.8. The predicted molar refractivity (Wildman–Crippen MR) is 101 cm³/mol. The van der Waals surface area contributed by atoms with Gasteiger partial charge in [0.1, 0.15) is 35.0 Å². The molecule has 1 atom stereocenters. The second-order valence-corrected chi connectivity index (χ2v) is 6.34. The van der Waals surface area contributed by atoms with Gasteiger partial charge in [-0.1, -0.05) is 0 Å². The van der Waals surface area contributed by atoms with Crippen molar-refractivity contribution in [1.29, 1.82) is 0 Å². The summed E-state index contributed by atoms with van der Waals surface area (Å²) in [5.41, 5.74) is 0.171. The predicted octanol–water partition coefficient (Wildman–Crippen LogP) is 3.50. The maximum absolute atomic E-state index is 13.4. The summed E-state index contributed by atoms with van der Waals surface area (Å²) < 4.78 is 39.5. The Hall–Kier alpha value is -3.46. The molecule has 0 unspecified atom stereocenters. The fraction of sp³-hybridized carbons (Fsp3) is 0.200. The van der Waals surface area contributed by atoms with Crippen LogP contribution in [0.25, 0.3) is 0 Å². The minimum absolute atomic E-state index is 0.0778. The van der Waals surface area contributed by atoms with Crippen LogP contribution in [0.2, 0.25) is 0 Å². The monoisotopic (exact) mass is 403 g/mol. The molecule has 0 saturated carbocycles. The number of rotatable bonds is 7. The number of aliphatic hydroxyl groups is 1. The molecule has 0 fully saturated rings. The van der Waals surface area contributed by atoms with Crippen molar-refractivity contribution in [3.05, 3.63) is 65.9 Å². The summed E-state index contributed by atoms with van der Waals surface area (Å²) in [5.74, 6) is -1.44. The molecule has 0 aliphatic carbocycles. The zero-order chi connectivity index (χ0) is 21.0. The summed E-state index contributed by atoms with van der Waals surface area (Å²) in [6.45, 7) is 1.40. The van der Waals surface area contributed by atoms with Crippen LogP contribution in [0.5, 0.6) is 17.2 Å². The number of hydrogen-bond acceptors (Lipinski definition) is 5. The Labute approximate surface area is 165 Å². The van der Waals surface area contributed by atoms with E-state index in [4.69, 9.17) is 9.47 Å². The Kier molecular flexibility index (Phi) is 6.08. The zero-order valence-corrected chi connectivity index (χ0v) is 15.7. The third-order valence-corrected chi connectivity index (χ3v) is 3.76. The van der Waals surface area contributed by atoms with Crippen LogP contribution in [-0.4, -0.2) is 33.5 Å². The Balaban J connectivity index is 1.90. The molecular weight excluding hydrogens is 384 g/mol. The first-order valence-electron chi connectivity index (χ1n) is 8.70. The summed E-state index contributed by atoms with van der Waals surface area (Å²) in [6.07, 6.45) is 1.13. The fourth-order valence-electron chi connectivity index (χ4n) is 2.49. The van der Waals surface area contributed by atoms with E-state index < -0.39 is 23.6 Å². The maximum Gasteiger partial charge on any atom is 0.257 e. The summed E-state index contributed by atoms with van der Waals surface area (Å²) in [5, 5.41) is 15.9. The molecule has 3 rings (SSSR count). The Morgan fingerprint density at radius 1 is 1.14 bits per heavy atom. The van der Waals surface area contributed by atoms with E-state index in [0.717, 1.165) is 18.2 Å². The highest BCUT2D eigenvalue weighted by atomic mass is 19.1. The van der Waals surface area contributed by atoms with Gasteiger partial charge in [0.2, 0.25) is 0 Å². The van der Waals surface area contributed by atoms with Gasteiger partial charge in [-0.2, -0.15) is 5.10 Å². The number of aromatic nitrogens is 2. The van der Waals surface area contributed by atoms with Gasteiger partial charge in [0, 0.05) is 49.1 Å². The largest absolute Gasteiger partial charge is 0.488 e. The molecule has 0 spiro atoms. The van der Waals surface area contributed by atoms with Crippen molar-refractivity contribution in [1.82, 2.24) is 9.78 Å². The van der Waals surface area contributed by atoms with Crippen LogP contribution >= 0.6 is 0 Å². The first-order valence-corrected chi connectivity index (χ1v) is 8.70.